The fourth-order valence-electron chi connectivity index (χ4n) is 3.95. The molecule has 0 saturated heterocycles. The van der Waals surface area contributed by atoms with E-state index in [0.717, 1.165) is 17.5 Å². The largest absolute Gasteiger partial charge is 0.283 e. The lowest BCUT2D eigenvalue weighted by atomic mass is 9.91. The Morgan fingerprint density at radius 2 is 1.90 bits per heavy atom. The van der Waals surface area contributed by atoms with E-state index in [1.807, 2.05) is 13.8 Å². The Hall–Kier alpha value is -3.07. The summed E-state index contributed by atoms with van der Waals surface area (Å²) in [5.74, 6) is -0.981. The van der Waals surface area contributed by atoms with Crippen LogP contribution in [0, 0.1) is 5.82 Å². The SMILES string of the molecule is CC(C)n1ccc(S(=O)(=O)NC(=O)Cc2c(-c3ccncc3)cc(F)c3c2CCC3)n1. The van der Waals surface area contributed by atoms with Crippen LogP contribution in [0.2, 0.25) is 0 Å². The van der Waals surface area contributed by atoms with E-state index in [2.05, 4.69) is 14.8 Å². The molecule has 1 aliphatic carbocycles. The normalized spacial score (nSPS) is 13.4. The maximum Gasteiger partial charge on any atom is 0.283 e. The fourth-order valence-corrected chi connectivity index (χ4v) is 4.86. The van der Waals surface area contributed by atoms with Gasteiger partial charge in [0.25, 0.3) is 10.0 Å². The number of carbonyl (C=O) groups is 1. The van der Waals surface area contributed by atoms with E-state index in [1.165, 1.54) is 16.8 Å². The van der Waals surface area contributed by atoms with Gasteiger partial charge >= 0.3 is 0 Å². The number of aromatic nitrogens is 3. The van der Waals surface area contributed by atoms with Crippen LogP contribution >= 0.6 is 0 Å². The van der Waals surface area contributed by atoms with Gasteiger partial charge in [0.15, 0.2) is 5.03 Å². The van der Waals surface area contributed by atoms with Crippen LogP contribution in [0.3, 0.4) is 0 Å². The number of sulfonamides is 1. The Morgan fingerprint density at radius 3 is 2.58 bits per heavy atom. The second-order valence-electron chi connectivity index (χ2n) is 7.86. The third-order valence-corrected chi connectivity index (χ3v) is 6.70. The molecule has 0 fully saturated rings. The highest BCUT2D eigenvalue weighted by Crippen LogP contribution is 2.35. The first kappa shape index (κ1) is 21.2. The first-order chi connectivity index (χ1) is 14.8. The number of amides is 1. The quantitative estimate of drug-likeness (QED) is 0.633. The molecular weight excluding hydrogens is 419 g/mol. The summed E-state index contributed by atoms with van der Waals surface area (Å²) in [7, 11) is -4.11. The van der Waals surface area contributed by atoms with E-state index < -0.39 is 15.9 Å². The lowest BCUT2D eigenvalue weighted by Crippen LogP contribution is -2.32. The smallest absolute Gasteiger partial charge is 0.274 e. The van der Waals surface area contributed by atoms with Gasteiger partial charge < -0.3 is 0 Å². The van der Waals surface area contributed by atoms with E-state index in [0.29, 0.717) is 29.5 Å². The average molecular weight is 443 g/mol. The molecule has 0 saturated carbocycles. The first-order valence-corrected chi connectivity index (χ1v) is 11.6. The fraction of sp³-hybridized carbons (Fsp3) is 0.318. The van der Waals surface area contributed by atoms with Crippen molar-refractivity contribution in [2.75, 3.05) is 0 Å². The molecule has 0 aliphatic heterocycles. The predicted molar refractivity (Wildman–Crippen MR) is 113 cm³/mol. The summed E-state index contributed by atoms with van der Waals surface area (Å²) in [4.78, 5) is 16.8. The second-order valence-corrected chi connectivity index (χ2v) is 9.49. The molecule has 2 aromatic heterocycles. The third kappa shape index (κ3) is 4.23. The van der Waals surface area contributed by atoms with E-state index in [-0.39, 0.29) is 23.3 Å². The minimum atomic E-state index is -4.11. The molecule has 1 aromatic carbocycles. The summed E-state index contributed by atoms with van der Waals surface area (Å²) in [5, 5.41) is 3.82. The van der Waals surface area contributed by atoms with Crippen LogP contribution in [0.4, 0.5) is 4.39 Å². The molecule has 4 rings (SSSR count). The zero-order chi connectivity index (χ0) is 22.2. The minimum Gasteiger partial charge on any atom is -0.274 e. The number of nitrogens with zero attached hydrogens (tertiary/aromatic N) is 3. The van der Waals surface area contributed by atoms with Gasteiger partial charge in [0.05, 0.1) is 6.42 Å². The molecule has 9 heteroatoms. The van der Waals surface area contributed by atoms with Gasteiger partial charge in [0.2, 0.25) is 5.91 Å². The maximum atomic E-state index is 14.7. The summed E-state index contributed by atoms with van der Waals surface area (Å²) in [6.45, 7) is 3.75. The molecule has 1 aliphatic rings. The van der Waals surface area contributed by atoms with E-state index in [9.17, 15) is 17.6 Å². The molecule has 0 bridgehead atoms. The van der Waals surface area contributed by atoms with Crippen LogP contribution in [-0.2, 0) is 34.1 Å². The van der Waals surface area contributed by atoms with Gasteiger partial charge in [-0.15, -0.1) is 0 Å². The molecule has 1 amide bonds. The number of hydrogen-bond acceptors (Lipinski definition) is 5. The van der Waals surface area contributed by atoms with Crippen molar-refractivity contribution in [1.29, 1.82) is 0 Å². The van der Waals surface area contributed by atoms with Crippen molar-refractivity contribution in [3.63, 3.8) is 0 Å². The number of nitrogens with one attached hydrogen (secondary N) is 1. The Kier molecular flexibility index (Phi) is 5.62. The Bertz CT molecular complexity index is 1240. The van der Waals surface area contributed by atoms with Gasteiger partial charge in [-0.1, -0.05) is 0 Å². The van der Waals surface area contributed by atoms with Crippen LogP contribution < -0.4 is 4.72 Å². The van der Waals surface area contributed by atoms with Crippen molar-refractivity contribution in [3.8, 4) is 11.1 Å². The van der Waals surface area contributed by atoms with Gasteiger partial charge in [-0.2, -0.15) is 13.5 Å². The highest BCUT2D eigenvalue weighted by atomic mass is 32.2. The molecular formula is C22H23FN4O3S. The number of fused-ring (bicyclic) bond motifs is 1. The van der Waals surface area contributed by atoms with Gasteiger partial charge in [0.1, 0.15) is 5.82 Å². The summed E-state index contributed by atoms with van der Waals surface area (Å²) in [5.41, 5.74) is 3.37. The zero-order valence-electron chi connectivity index (χ0n) is 17.3. The lowest BCUT2D eigenvalue weighted by molar-refractivity contribution is -0.118. The Morgan fingerprint density at radius 1 is 1.19 bits per heavy atom. The summed E-state index contributed by atoms with van der Waals surface area (Å²) < 4.78 is 43.6. The molecule has 1 N–H and O–H groups in total. The zero-order valence-corrected chi connectivity index (χ0v) is 18.1. The number of rotatable bonds is 6. The van der Waals surface area contributed by atoms with Gasteiger partial charge in [-0.3, -0.25) is 14.5 Å². The topological polar surface area (TPSA) is 94.0 Å². The van der Waals surface area contributed by atoms with Crippen molar-refractivity contribution in [2.24, 2.45) is 0 Å². The van der Waals surface area contributed by atoms with Gasteiger partial charge in [-0.05, 0) is 85.2 Å². The molecule has 3 aromatic rings. The molecule has 7 nitrogen and oxygen atoms in total. The van der Waals surface area contributed by atoms with Crippen molar-refractivity contribution >= 4 is 15.9 Å². The second kappa shape index (κ2) is 8.22. The van der Waals surface area contributed by atoms with Crippen LogP contribution in [0.1, 0.15) is 43.0 Å². The standard InChI is InChI=1S/C22H23FN4O3S/c1-14(2)27-11-8-22(25-27)31(29,30)26-21(28)13-19-16-4-3-5-17(16)20(23)12-18(19)15-6-9-24-10-7-15/h6-12,14H,3-5,13H2,1-2H3,(H,26,28). The molecule has 0 unspecified atom stereocenters. The summed E-state index contributed by atoms with van der Waals surface area (Å²) in [6.07, 6.45) is 6.63. The van der Waals surface area contributed by atoms with E-state index in [4.69, 9.17) is 0 Å². The summed E-state index contributed by atoms with van der Waals surface area (Å²) >= 11 is 0. The molecule has 0 atom stereocenters. The van der Waals surface area contributed by atoms with Crippen LogP contribution in [0.25, 0.3) is 11.1 Å². The monoisotopic (exact) mass is 442 g/mol. The summed E-state index contributed by atoms with van der Waals surface area (Å²) in [6, 6.07) is 6.26. The third-order valence-electron chi connectivity index (χ3n) is 5.43. The van der Waals surface area contributed by atoms with Crippen LogP contribution in [0.15, 0.2) is 47.9 Å². The minimum absolute atomic E-state index is 0.00984. The maximum absolute atomic E-state index is 14.7. The van der Waals surface area contributed by atoms with Crippen molar-refractivity contribution in [1.82, 2.24) is 19.5 Å². The highest BCUT2D eigenvalue weighted by Gasteiger charge is 2.26. The van der Waals surface area contributed by atoms with Crippen molar-refractivity contribution in [3.05, 3.63) is 65.4 Å². The molecule has 162 valence electrons. The van der Waals surface area contributed by atoms with E-state index in [1.54, 1.807) is 30.7 Å². The first-order valence-electron chi connectivity index (χ1n) is 10.1. The number of halogens is 1. The van der Waals surface area contributed by atoms with E-state index >= 15 is 0 Å². The van der Waals surface area contributed by atoms with Crippen LogP contribution in [-0.4, -0.2) is 29.1 Å². The van der Waals surface area contributed by atoms with Crippen molar-refractivity contribution < 1.29 is 17.6 Å². The number of hydrogen-bond donors (Lipinski definition) is 1. The number of pyridine rings is 1. The molecule has 0 spiro atoms. The lowest BCUT2D eigenvalue weighted by Gasteiger charge is -2.16. The molecule has 0 radical (unpaired) electrons. The van der Waals surface area contributed by atoms with Gasteiger partial charge in [-0.25, -0.2) is 9.11 Å². The molecule has 31 heavy (non-hydrogen) atoms. The van der Waals surface area contributed by atoms with Crippen molar-refractivity contribution in [2.45, 2.75) is 50.6 Å². The average Bonchev–Trinajstić information content (AvgIpc) is 3.41. The van der Waals surface area contributed by atoms with Gasteiger partial charge in [0, 0.05) is 24.6 Å². The Balaban J connectivity index is 1.66. The highest BCUT2D eigenvalue weighted by molar-refractivity contribution is 7.90. The number of benzene rings is 1. The predicted octanol–water partition coefficient (Wildman–Crippen LogP) is 3.20. The number of carbonyl (C=O) groups excluding carboxylic acids is 1. The molecule has 2 heterocycles. The van der Waals surface area contributed by atoms with Crippen LogP contribution in [0.5, 0.6) is 0 Å². The Labute approximate surface area is 180 Å².